The lowest BCUT2D eigenvalue weighted by Gasteiger charge is -2.19. The molecule has 0 fully saturated rings. The van der Waals surface area contributed by atoms with Gasteiger partial charge in [-0.1, -0.05) is 22.0 Å². The molecule has 0 saturated carbocycles. The molecule has 2 aromatic carbocycles. The van der Waals surface area contributed by atoms with Crippen LogP contribution in [0.3, 0.4) is 0 Å². The van der Waals surface area contributed by atoms with Gasteiger partial charge >= 0.3 is 0 Å². The zero-order chi connectivity index (χ0) is 25.1. The predicted molar refractivity (Wildman–Crippen MR) is 135 cm³/mol. The number of amides is 1. The van der Waals surface area contributed by atoms with E-state index in [2.05, 4.69) is 25.8 Å². The number of hydrogen-bond acceptors (Lipinski definition) is 6. The summed E-state index contributed by atoms with van der Waals surface area (Å²) in [6, 6.07) is 13.8. The van der Waals surface area contributed by atoms with E-state index in [1.54, 1.807) is 19.1 Å². The number of benzene rings is 2. The highest BCUT2D eigenvalue weighted by Crippen LogP contribution is 2.37. The van der Waals surface area contributed by atoms with Crippen LogP contribution in [0.4, 0.5) is 0 Å². The highest BCUT2D eigenvalue weighted by molar-refractivity contribution is 9.10. The van der Waals surface area contributed by atoms with Crippen LogP contribution in [0.1, 0.15) is 29.4 Å². The second kappa shape index (κ2) is 10.3. The van der Waals surface area contributed by atoms with Gasteiger partial charge in [-0.25, -0.2) is 0 Å². The van der Waals surface area contributed by atoms with Crippen LogP contribution >= 0.6 is 15.9 Å². The van der Waals surface area contributed by atoms with E-state index < -0.39 is 17.1 Å². The van der Waals surface area contributed by atoms with Crippen molar-refractivity contribution in [2.75, 3.05) is 13.7 Å². The van der Waals surface area contributed by atoms with Gasteiger partial charge in [0.2, 0.25) is 17.1 Å². The van der Waals surface area contributed by atoms with Crippen LogP contribution in [0.25, 0.3) is 10.9 Å². The Labute approximate surface area is 209 Å². The minimum atomic E-state index is -0.776. The number of carbonyl (C=O) groups is 1. The van der Waals surface area contributed by atoms with Crippen LogP contribution in [0, 0.1) is 6.92 Å². The maximum Gasteiger partial charge on any atom is 0.227 e. The highest BCUT2D eigenvalue weighted by Gasteiger charge is 2.26. The molecule has 0 saturated heterocycles. The van der Waals surface area contributed by atoms with Crippen molar-refractivity contribution in [1.29, 1.82) is 0 Å². The SMILES string of the molecule is COc1cc([C@H](CC(=O)NCCn2ccc3cc(Br)ccc32)c2oc(C)cc(=O)c2O)ccc1O. The Morgan fingerprint density at radius 2 is 1.97 bits per heavy atom. The van der Waals surface area contributed by atoms with E-state index in [0.29, 0.717) is 24.4 Å². The molecule has 0 aliphatic rings. The topological polar surface area (TPSA) is 114 Å². The van der Waals surface area contributed by atoms with Crippen molar-refractivity contribution < 1.29 is 24.2 Å². The van der Waals surface area contributed by atoms with Crippen molar-refractivity contribution in [2.24, 2.45) is 0 Å². The molecule has 1 amide bonds. The number of fused-ring (bicyclic) bond motifs is 1. The number of carbonyl (C=O) groups excluding carboxylic acids is 1. The molecule has 0 spiro atoms. The number of rotatable bonds is 8. The third-order valence-corrected chi connectivity index (χ3v) is 6.29. The van der Waals surface area contributed by atoms with Crippen molar-refractivity contribution in [3.8, 4) is 17.2 Å². The Bertz CT molecular complexity index is 1440. The minimum Gasteiger partial charge on any atom is -0.504 e. The molecule has 2 aromatic heterocycles. The van der Waals surface area contributed by atoms with Gasteiger partial charge in [-0.3, -0.25) is 9.59 Å². The van der Waals surface area contributed by atoms with Crippen molar-refractivity contribution in [3.05, 3.63) is 86.5 Å². The number of aryl methyl sites for hydroxylation is 1. The first-order valence-electron chi connectivity index (χ1n) is 11.0. The summed E-state index contributed by atoms with van der Waals surface area (Å²) >= 11 is 3.47. The molecular weight excluding hydrogens is 516 g/mol. The lowest BCUT2D eigenvalue weighted by atomic mass is 9.91. The fraction of sp³-hybridized carbons (Fsp3) is 0.231. The molecule has 2 heterocycles. The molecule has 4 aromatic rings. The van der Waals surface area contributed by atoms with Gasteiger partial charge in [-0.2, -0.15) is 0 Å². The first-order valence-corrected chi connectivity index (χ1v) is 11.8. The van der Waals surface area contributed by atoms with E-state index in [1.165, 1.54) is 19.2 Å². The summed E-state index contributed by atoms with van der Waals surface area (Å²) < 4.78 is 13.9. The van der Waals surface area contributed by atoms with Crippen LogP contribution in [0.5, 0.6) is 17.2 Å². The van der Waals surface area contributed by atoms with Crippen LogP contribution in [-0.2, 0) is 11.3 Å². The van der Waals surface area contributed by atoms with Gasteiger partial charge in [0, 0.05) is 47.1 Å². The normalized spacial score (nSPS) is 12.0. The third-order valence-electron chi connectivity index (χ3n) is 5.79. The second-order valence-corrected chi connectivity index (χ2v) is 9.10. The molecule has 182 valence electrons. The Hall–Kier alpha value is -3.72. The maximum atomic E-state index is 12.9. The molecule has 3 N–H and O–H groups in total. The van der Waals surface area contributed by atoms with Gasteiger partial charge in [0.15, 0.2) is 17.3 Å². The number of nitrogens with zero attached hydrogens (tertiary/aromatic N) is 1. The van der Waals surface area contributed by atoms with Gasteiger partial charge in [-0.05, 0) is 48.9 Å². The molecule has 0 radical (unpaired) electrons. The van der Waals surface area contributed by atoms with E-state index in [0.717, 1.165) is 15.4 Å². The van der Waals surface area contributed by atoms with Crippen LogP contribution < -0.4 is 15.5 Å². The van der Waals surface area contributed by atoms with Crippen molar-refractivity contribution in [3.63, 3.8) is 0 Å². The number of aromatic nitrogens is 1. The molecule has 0 aliphatic carbocycles. The zero-order valence-electron chi connectivity index (χ0n) is 19.2. The number of ether oxygens (including phenoxy) is 1. The van der Waals surface area contributed by atoms with Crippen molar-refractivity contribution in [1.82, 2.24) is 9.88 Å². The van der Waals surface area contributed by atoms with E-state index in [9.17, 15) is 19.8 Å². The number of hydrogen-bond donors (Lipinski definition) is 3. The largest absolute Gasteiger partial charge is 0.504 e. The predicted octanol–water partition coefficient (Wildman–Crippen LogP) is 4.42. The lowest BCUT2D eigenvalue weighted by Crippen LogP contribution is -2.28. The van der Waals surface area contributed by atoms with Gasteiger partial charge in [-0.15, -0.1) is 0 Å². The first-order chi connectivity index (χ1) is 16.8. The van der Waals surface area contributed by atoms with Crippen LogP contribution in [0.15, 0.2) is 68.4 Å². The Morgan fingerprint density at radius 1 is 1.17 bits per heavy atom. The summed E-state index contributed by atoms with van der Waals surface area (Å²) in [7, 11) is 1.41. The average molecular weight is 541 g/mol. The second-order valence-electron chi connectivity index (χ2n) is 8.18. The molecule has 35 heavy (non-hydrogen) atoms. The molecule has 4 rings (SSSR count). The summed E-state index contributed by atoms with van der Waals surface area (Å²) in [5, 5.41) is 24.4. The first kappa shape index (κ1) is 24.4. The monoisotopic (exact) mass is 540 g/mol. The molecule has 0 unspecified atom stereocenters. The Kier molecular flexibility index (Phi) is 7.16. The maximum absolute atomic E-state index is 12.9. The lowest BCUT2D eigenvalue weighted by molar-refractivity contribution is -0.121. The van der Waals surface area contributed by atoms with Gasteiger partial charge in [0.25, 0.3) is 0 Å². The average Bonchev–Trinajstić information content (AvgIpc) is 3.22. The van der Waals surface area contributed by atoms with E-state index in [-0.39, 0.29) is 29.6 Å². The van der Waals surface area contributed by atoms with Gasteiger partial charge in [0.05, 0.1) is 13.0 Å². The summed E-state index contributed by atoms with van der Waals surface area (Å²) in [5.74, 6) is -1.18. The van der Waals surface area contributed by atoms with Crippen molar-refractivity contribution >= 4 is 32.7 Å². The number of nitrogens with one attached hydrogen (secondary N) is 1. The Morgan fingerprint density at radius 3 is 2.74 bits per heavy atom. The number of halogens is 1. The molecule has 0 bridgehead atoms. The number of methoxy groups -OCH3 is 1. The number of aromatic hydroxyl groups is 2. The Balaban J connectivity index is 1.55. The van der Waals surface area contributed by atoms with Gasteiger partial charge < -0.3 is 29.3 Å². The highest BCUT2D eigenvalue weighted by atomic mass is 79.9. The number of phenolic OH excluding ortho intramolecular Hbond substituents is 1. The fourth-order valence-electron chi connectivity index (χ4n) is 4.07. The molecule has 8 nitrogen and oxygen atoms in total. The van der Waals surface area contributed by atoms with Crippen LogP contribution in [0.2, 0.25) is 0 Å². The summed E-state index contributed by atoms with van der Waals surface area (Å²) in [6.45, 7) is 2.55. The zero-order valence-corrected chi connectivity index (χ0v) is 20.8. The summed E-state index contributed by atoms with van der Waals surface area (Å²) in [4.78, 5) is 25.1. The molecular formula is C26H25BrN2O6. The van der Waals surface area contributed by atoms with Crippen LogP contribution in [-0.4, -0.2) is 34.3 Å². The van der Waals surface area contributed by atoms with Gasteiger partial charge in [0.1, 0.15) is 5.76 Å². The van der Waals surface area contributed by atoms with E-state index in [1.807, 2.05) is 30.5 Å². The standard InChI is InChI=1S/C26H25BrN2O6/c1-15-11-22(31)25(33)26(35-15)19(16-3-6-21(30)23(13-16)34-2)14-24(32)28-8-10-29-9-7-17-12-18(27)4-5-20(17)29/h3-7,9,11-13,19,30,33H,8,10,14H2,1-2H3,(H,28,32)/t19-/m0/s1. The van der Waals surface area contributed by atoms with Crippen molar-refractivity contribution in [2.45, 2.75) is 25.8 Å². The van der Waals surface area contributed by atoms with E-state index in [4.69, 9.17) is 9.15 Å². The smallest absolute Gasteiger partial charge is 0.227 e. The molecule has 1 atom stereocenters. The molecule has 0 aliphatic heterocycles. The third kappa shape index (κ3) is 5.35. The fourth-order valence-corrected chi connectivity index (χ4v) is 4.45. The number of phenols is 1. The molecule has 9 heteroatoms. The minimum absolute atomic E-state index is 0.0140. The summed E-state index contributed by atoms with van der Waals surface area (Å²) in [6.07, 6.45) is 1.88. The quantitative estimate of drug-likeness (QED) is 0.304. The summed E-state index contributed by atoms with van der Waals surface area (Å²) in [5.41, 5.74) is 1.01. The van der Waals surface area contributed by atoms with E-state index >= 15 is 0 Å².